The Morgan fingerprint density at radius 2 is 1.21 bits per heavy atom. The van der Waals surface area contributed by atoms with Crippen molar-refractivity contribution in [3.63, 3.8) is 0 Å². The van der Waals surface area contributed by atoms with Gasteiger partial charge in [-0.15, -0.1) is 0 Å². The maximum absolute atomic E-state index is 12.3. The fourth-order valence-electron chi connectivity index (χ4n) is 18.3. The van der Waals surface area contributed by atoms with E-state index in [1.807, 2.05) is 20.8 Å². The van der Waals surface area contributed by atoms with E-state index in [9.17, 15) is 71.5 Å². The third-order valence-electron chi connectivity index (χ3n) is 22.5. The summed E-state index contributed by atoms with van der Waals surface area (Å²) in [4.78, 5) is 0. The Balaban J connectivity index is 0.870. The van der Waals surface area contributed by atoms with E-state index in [-0.39, 0.29) is 46.0 Å². The zero-order chi connectivity index (χ0) is 60.7. The number of rotatable bonds is 13. The highest BCUT2D eigenvalue weighted by atomic mass is 16.8. The van der Waals surface area contributed by atoms with Gasteiger partial charge in [-0.05, 0) is 100 Å². The first-order valence-electron chi connectivity index (χ1n) is 30.3. The second kappa shape index (κ2) is 23.4. The molecular weight excluding hydrogens is 1110 g/mol. The zero-order valence-corrected chi connectivity index (χ0v) is 49.2. The van der Waals surface area contributed by atoms with Crippen LogP contribution in [0.5, 0.6) is 0 Å². The van der Waals surface area contributed by atoms with Crippen molar-refractivity contribution in [1.29, 1.82) is 0 Å². The van der Waals surface area contributed by atoms with Gasteiger partial charge in [0.2, 0.25) is 0 Å². The van der Waals surface area contributed by atoms with E-state index >= 15 is 0 Å². The molecule has 11 fully saturated rings. The second-order valence-electron chi connectivity index (χ2n) is 28.2. The van der Waals surface area contributed by atoms with Gasteiger partial charge in [0.05, 0.1) is 56.9 Å². The van der Waals surface area contributed by atoms with Crippen molar-refractivity contribution in [3.8, 4) is 0 Å². The standard InChI is InChI=1S/C58H94O26/c1-23(2)15-25-16-56(8,72)47-26-9-10-32-54(6)13-12-33(53(4,5)31(54)11-14-55(32,7)57(26)21-58(47,84-25)76-22-57)80-51-46(83-50-43(71)38(66)34(62)24(3)77-50)44(28(61)19-74-51)81-52-45(82-49-41(69)35(63)27(60)18-73-49)40(68)37(65)30(79-52)20-75-48-42(70)39(67)36(64)29(17-59)78-48/h15,24-52,59-72H,9-14,16-22H2,1-8H3/t24-,25+,26-,27-,28+,29-,30-,31+,32-,33+,34+,35+,36-,37-,38+,39+,40+,41-,42-,43-,44+,45-,46-,47+,48-,49+,50+,51+,52+,54+,55-,56+,57+,58+/m1/s1. The maximum Gasteiger partial charge on any atom is 0.187 e. The normalized spacial score (nSPS) is 57.1. The Hall–Kier alpha value is -1.30. The summed E-state index contributed by atoms with van der Waals surface area (Å²) in [7, 11) is 0. The molecule has 11 rings (SSSR count). The van der Waals surface area contributed by atoms with Crippen LogP contribution in [-0.4, -0.2) is 269 Å². The van der Waals surface area contributed by atoms with Crippen LogP contribution in [0.15, 0.2) is 11.6 Å². The molecule has 26 heteroatoms. The van der Waals surface area contributed by atoms with E-state index in [0.717, 1.165) is 44.1 Å². The Kier molecular flexibility index (Phi) is 17.9. The molecule has 2 spiro atoms. The first-order valence-corrected chi connectivity index (χ1v) is 30.3. The fourth-order valence-corrected chi connectivity index (χ4v) is 18.3. The van der Waals surface area contributed by atoms with Crippen LogP contribution in [0.3, 0.4) is 0 Å². The Bertz CT molecular complexity index is 2330. The van der Waals surface area contributed by atoms with Gasteiger partial charge in [0, 0.05) is 24.2 Å². The highest BCUT2D eigenvalue weighted by Crippen LogP contribution is 2.80. The van der Waals surface area contributed by atoms with E-state index in [4.69, 9.17) is 56.8 Å². The molecule has 7 saturated heterocycles. The summed E-state index contributed by atoms with van der Waals surface area (Å²) in [6.45, 7) is 14.8. The van der Waals surface area contributed by atoms with Crippen molar-refractivity contribution < 1.29 is 128 Å². The first kappa shape index (κ1) is 64.2. The molecule has 0 amide bonds. The predicted octanol–water partition coefficient (Wildman–Crippen LogP) is -2.72. The minimum atomic E-state index is -2.04. The molecule has 14 N–H and O–H groups in total. The van der Waals surface area contributed by atoms with Crippen LogP contribution >= 0.6 is 0 Å². The molecule has 0 aromatic rings. The molecule has 0 aromatic carbocycles. The Labute approximate surface area is 488 Å². The third-order valence-corrected chi connectivity index (χ3v) is 22.5. The van der Waals surface area contributed by atoms with E-state index in [1.165, 1.54) is 6.92 Å². The molecule has 0 aromatic heterocycles. The van der Waals surface area contributed by atoms with Crippen molar-refractivity contribution >= 4 is 0 Å². The molecule has 84 heavy (non-hydrogen) atoms. The lowest BCUT2D eigenvalue weighted by atomic mass is 9.35. The van der Waals surface area contributed by atoms with Gasteiger partial charge in [0.15, 0.2) is 37.2 Å². The Morgan fingerprint density at radius 1 is 0.583 bits per heavy atom. The highest BCUT2D eigenvalue weighted by Gasteiger charge is 2.81. The van der Waals surface area contributed by atoms with Crippen molar-refractivity contribution in [1.82, 2.24) is 0 Å². The minimum Gasteiger partial charge on any atom is -0.394 e. The summed E-state index contributed by atoms with van der Waals surface area (Å²) in [5, 5.41) is 154. The number of allylic oxidation sites excluding steroid dienone is 1. The summed E-state index contributed by atoms with van der Waals surface area (Å²) in [6.07, 6.45) is -31.8. The van der Waals surface area contributed by atoms with Crippen LogP contribution in [0.4, 0.5) is 0 Å². The van der Waals surface area contributed by atoms with Crippen LogP contribution in [0.25, 0.3) is 0 Å². The fraction of sp³-hybridized carbons (Fsp3) is 0.966. The average Bonchev–Trinajstić information content (AvgIpc) is 1.44. The summed E-state index contributed by atoms with van der Waals surface area (Å²) >= 11 is 0. The van der Waals surface area contributed by atoms with Gasteiger partial charge in [0.1, 0.15) is 104 Å². The molecule has 0 unspecified atom stereocenters. The van der Waals surface area contributed by atoms with Crippen LogP contribution in [0.1, 0.15) is 107 Å². The van der Waals surface area contributed by atoms with E-state index in [1.54, 1.807) is 0 Å². The van der Waals surface area contributed by atoms with Crippen molar-refractivity contribution in [2.45, 2.75) is 272 Å². The summed E-state index contributed by atoms with van der Waals surface area (Å²) in [5.41, 5.74) is -0.980. The molecule has 34 atom stereocenters. The van der Waals surface area contributed by atoms with E-state index in [2.05, 4.69) is 33.8 Å². The van der Waals surface area contributed by atoms with Gasteiger partial charge in [-0.3, -0.25) is 0 Å². The number of aliphatic hydroxyl groups excluding tert-OH is 13. The molecule has 4 aliphatic carbocycles. The minimum absolute atomic E-state index is 0.110. The average molecular weight is 1210 g/mol. The lowest BCUT2D eigenvalue weighted by molar-refractivity contribution is -0.401. The largest absolute Gasteiger partial charge is 0.394 e. The van der Waals surface area contributed by atoms with Crippen LogP contribution in [0.2, 0.25) is 0 Å². The Morgan fingerprint density at radius 3 is 1.93 bits per heavy atom. The van der Waals surface area contributed by atoms with E-state index < -0.39 is 191 Å². The van der Waals surface area contributed by atoms with Gasteiger partial charge in [-0.2, -0.15) is 0 Å². The smallest absolute Gasteiger partial charge is 0.187 e. The van der Waals surface area contributed by atoms with Crippen molar-refractivity contribution in [2.24, 2.45) is 45.3 Å². The number of aliphatic hydroxyl groups is 14. The monoisotopic (exact) mass is 1210 g/mol. The SMILES string of the molecule is CC(C)=C[C@H]1C[C@](C)(O)[C@@H]2[C@H]3CC[C@@H]4[C@@]5(C)CC[C@H](O[C@@H]6OC[C@H](O)[C@H](O[C@@H]7O[C@H](CO[C@@H]8O[C@H](CO)[C@@H](O)[C@H](O)[C@H]8O)[C@@H](O)[C@H](O)[C@H]7O[C@@H]7OC[C@@H](O)[C@H](O)[C@H]7O)[C@H]6O[C@@H]6O[C@H](C)[C@H](O)[C@H](O)[C@H]6O)C(C)(C)[C@@H]5CC[C@@]4(C)[C@@]34CO[C@@]2(C4)O1. The second-order valence-corrected chi connectivity index (χ2v) is 28.2. The van der Waals surface area contributed by atoms with Crippen molar-refractivity contribution in [2.75, 3.05) is 33.0 Å². The number of fused-ring (bicyclic) bond motifs is 4. The topological polar surface area (TPSA) is 394 Å². The molecule has 4 saturated carbocycles. The van der Waals surface area contributed by atoms with Gasteiger partial charge in [-0.1, -0.05) is 39.3 Å². The lowest BCUT2D eigenvalue weighted by Crippen LogP contribution is -2.68. The molecule has 11 aliphatic rings. The molecule has 2 bridgehead atoms. The molecule has 0 radical (unpaired) electrons. The van der Waals surface area contributed by atoms with Crippen molar-refractivity contribution in [3.05, 3.63) is 11.6 Å². The summed E-state index contributed by atoms with van der Waals surface area (Å²) < 4.78 is 75.5. The molecule has 482 valence electrons. The molecule has 26 nitrogen and oxygen atoms in total. The molecule has 7 aliphatic heterocycles. The first-order chi connectivity index (χ1) is 39.4. The molecule has 7 heterocycles. The van der Waals surface area contributed by atoms with Crippen LogP contribution in [-0.2, 0) is 56.8 Å². The third kappa shape index (κ3) is 10.5. The van der Waals surface area contributed by atoms with Gasteiger partial charge < -0.3 is 128 Å². The van der Waals surface area contributed by atoms with Gasteiger partial charge >= 0.3 is 0 Å². The van der Waals surface area contributed by atoms with Gasteiger partial charge in [-0.25, -0.2) is 0 Å². The summed E-state index contributed by atoms with van der Waals surface area (Å²) in [6, 6.07) is 0. The zero-order valence-electron chi connectivity index (χ0n) is 49.2. The van der Waals surface area contributed by atoms with Crippen LogP contribution in [0, 0.1) is 45.3 Å². The number of ether oxygens (including phenoxy) is 12. The highest BCUT2D eigenvalue weighted by molar-refractivity contribution is 5.27. The van der Waals surface area contributed by atoms with E-state index in [0.29, 0.717) is 19.4 Å². The maximum atomic E-state index is 12.3. The molecular formula is C58H94O26. The van der Waals surface area contributed by atoms with Crippen LogP contribution < -0.4 is 0 Å². The lowest BCUT2D eigenvalue weighted by Gasteiger charge is -2.70. The van der Waals surface area contributed by atoms with Gasteiger partial charge in [0.25, 0.3) is 0 Å². The summed E-state index contributed by atoms with van der Waals surface area (Å²) in [5.74, 6) is -0.440. The predicted molar refractivity (Wildman–Crippen MR) is 283 cm³/mol. The number of hydrogen-bond acceptors (Lipinski definition) is 26. The quantitative estimate of drug-likeness (QED) is 0.0658. The number of hydrogen-bond donors (Lipinski definition) is 14.